The van der Waals surface area contributed by atoms with Crippen molar-refractivity contribution >= 4 is 45.0 Å². The highest BCUT2D eigenvalue weighted by molar-refractivity contribution is 7.22. The molecule has 3 aromatic rings. The third-order valence-corrected chi connectivity index (χ3v) is 6.55. The molecule has 1 saturated heterocycles. The lowest BCUT2D eigenvalue weighted by molar-refractivity contribution is 0.0376. The van der Waals surface area contributed by atoms with Crippen molar-refractivity contribution in [1.82, 2.24) is 9.88 Å². The number of hydrogen-bond acceptors (Lipinski definition) is 6. The number of carbonyl (C=O) groups is 1. The Balaban J connectivity index is 0.00000289. The summed E-state index contributed by atoms with van der Waals surface area (Å²) < 4.78 is 11.8. The highest BCUT2D eigenvalue weighted by Gasteiger charge is 2.22. The van der Waals surface area contributed by atoms with Crippen LogP contribution in [-0.4, -0.2) is 62.3 Å². The maximum Gasteiger partial charge on any atom is 0.260 e. The predicted octanol–water partition coefficient (Wildman–Crippen LogP) is 4.71. The summed E-state index contributed by atoms with van der Waals surface area (Å²) in [5.41, 5.74) is 3.74. The van der Waals surface area contributed by atoms with Gasteiger partial charge in [0.05, 0.1) is 30.5 Å². The Kier molecular flexibility index (Phi) is 8.48. The van der Waals surface area contributed by atoms with Crippen LogP contribution in [0.15, 0.2) is 36.4 Å². The zero-order valence-electron chi connectivity index (χ0n) is 18.8. The summed E-state index contributed by atoms with van der Waals surface area (Å²) in [7, 11) is 1.65. The number of thiazole rings is 1. The van der Waals surface area contributed by atoms with Crippen molar-refractivity contribution in [1.29, 1.82) is 0 Å². The molecule has 1 aromatic heterocycles. The number of ether oxygens (including phenoxy) is 2. The average Bonchev–Trinajstić information content (AvgIpc) is 3.19. The maximum atomic E-state index is 13.6. The van der Waals surface area contributed by atoms with E-state index in [1.54, 1.807) is 18.4 Å². The van der Waals surface area contributed by atoms with Gasteiger partial charge in [-0.25, -0.2) is 4.98 Å². The Morgan fingerprint density at radius 2 is 1.88 bits per heavy atom. The van der Waals surface area contributed by atoms with Gasteiger partial charge in [-0.15, -0.1) is 12.4 Å². The molecule has 0 aliphatic carbocycles. The van der Waals surface area contributed by atoms with Crippen LogP contribution in [0.4, 0.5) is 5.13 Å². The number of fused-ring (bicyclic) bond motifs is 1. The van der Waals surface area contributed by atoms with Crippen molar-refractivity contribution in [3.63, 3.8) is 0 Å². The highest BCUT2D eigenvalue weighted by atomic mass is 35.5. The molecule has 2 aromatic carbocycles. The van der Waals surface area contributed by atoms with Crippen LogP contribution in [-0.2, 0) is 4.74 Å². The zero-order valence-corrected chi connectivity index (χ0v) is 20.4. The van der Waals surface area contributed by atoms with E-state index in [0.29, 0.717) is 12.1 Å². The molecule has 0 spiro atoms. The molecule has 0 radical (unpaired) electrons. The van der Waals surface area contributed by atoms with Crippen LogP contribution >= 0.6 is 23.7 Å². The third kappa shape index (κ3) is 5.78. The van der Waals surface area contributed by atoms with Crippen LogP contribution in [0.2, 0.25) is 0 Å². The smallest absolute Gasteiger partial charge is 0.260 e. The number of benzene rings is 2. The van der Waals surface area contributed by atoms with Crippen LogP contribution < -0.4 is 9.64 Å². The second-order valence-electron chi connectivity index (χ2n) is 7.97. The zero-order chi connectivity index (χ0) is 21.8. The number of hydrogen-bond donors (Lipinski definition) is 0. The van der Waals surface area contributed by atoms with Crippen LogP contribution in [0.1, 0.15) is 27.9 Å². The summed E-state index contributed by atoms with van der Waals surface area (Å²) in [5, 5.41) is 0.731. The Morgan fingerprint density at radius 3 is 2.56 bits per heavy atom. The van der Waals surface area contributed by atoms with E-state index in [4.69, 9.17) is 14.5 Å². The number of carbonyl (C=O) groups excluding carboxylic acids is 1. The first-order valence-corrected chi connectivity index (χ1v) is 11.5. The van der Waals surface area contributed by atoms with Crippen molar-refractivity contribution in [2.24, 2.45) is 0 Å². The van der Waals surface area contributed by atoms with Gasteiger partial charge in [-0.1, -0.05) is 28.5 Å². The van der Waals surface area contributed by atoms with E-state index in [2.05, 4.69) is 11.0 Å². The van der Waals surface area contributed by atoms with Gasteiger partial charge in [0.15, 0.2) is 5.13 Å². The molecule has 6 nitrogen and oxygen atoms in total. The molecule has 0 unspecified atom stereocenters. The van der Waals surface area contributed by atoms with E-state index >= 15 is 0 Å². The minimum Gasteiger partial charge on any atom is -0.497 e. The molecule has 2 heterocycles. The molecule has 172 valence electrons. The number of aryl methyl sites for hydroxylation is 2. The van der Waals surface area contributed by atoms with Gasteiger partial charge in [-0.2, -0.15) is 0 Å². The monoisotopic (exact) mass is 475 g/mol. The Labute approximate surface area is 199 Å². The minimum absolute atomic E-state index is 0. The first-order chi connectivity index (χ1) is 15.0. The third-order valence-electron chi connectivity index (χ3n) is 5.49. The number of aromatic nitrogens is 1. The number of nitrogens with zero attached hydrogens (tertiary/aromatic N) is 3. The van der Waals surface area contributed by atoms with E-state index < -0.39 is 0 Å². The fourth-order valence-corrected chi connectivity index (χ4v) is 4.92. The lowest BCUT2D eigenvalue weighted by atomic mass is 10.1. The number of morpholine rings is 1. The number of halogens is 1. The fourth-order valence-electron chi connectivity index (χ4n) is 3.95. The first kappa shape index (κ1) is 24.5. The van der Waals surface area contributed by atoms with Crippen molar-refractivity contribution in [2.45, 2.75) is 20.3 Å². The molecular formula is C24H30ClN3O3S. The van der Waals surface area contributed by atoms with Crippen LogP contribution in [0.5, 0.6) is 5.75 Å². The topological polar surface area (TPSA) is 54.9 Å². The summed E-state index contributed by atoms with van der Waals surface area (Å²) in [4.78, 5) is 22.6. The van der Waals surface area contributed by atoms with Crippen LogP contribution in [0.3, 0.4) is 0 Å². The predicted molar refractivity (Wildman–Crippen MR) is 133 cm³/mol. The Bertz CT molecular complexity index is 1050. The van der Waals surface area contributed by atoms with E-state index in [0.717, 1.165) is 71.5 Å². The Morgan fingerprint density at radius 1 is 1.16 bits per heavy atom. The standard InChI is InChI=1S/C24H29N3O3S.ClH/c1-17-13-18(2)15-19(14-17)23(28)27(8-4-7-26-9-11-30-12-10-26)24-25-21-16-20(29-3)5-6-22(21)31-24;/h5-6,13-16H,4,7-12H2,1-3H3;1H. The number of amides is 1. The average molecular weight is 476 g/mol. The summed E-state index contributed by atoms with van der Waals surface area (Å²) in [6.45, 7) is 9.08. The second kappa shape index (κ2) is 11.1. The summed E-state index contributed by atoms with van der Waals surface area (Å²) in [6, 6.07) is 11.9. The van der Waals surface area contributed by atoms with Gasteiger partial charge < -0.3 is 9.47 Å². The summed E-state index contributed by atoms with van der Waals surface area (Å²) in [5.74, 6) is 0.767. The summed E-state index contributed by atoms with van der Waals surface area (Å²) >= 11 is 1.55. The van der Waals surface area contributed by atoms with Crippen molar-refractivity contribution in [3.05, 3.63) is 53.1 Å². The van der Waals surface area contributed by atoms with Gasteiger partial charge in [0, 0.05) is 37.8 Å². The van der Waals surface area contributed by atoms with E-state index in [1.165, 1.54) is 0 Å². The van der Waals surface area contributed by atoms with Gasteiger partial charge in [0.1, 0.15) is 5.75 Å². The molecule has 1 aliphatic heterocycles. The van der Waals surface area contributed by atoms with Gasteiger partial charge in [-0.05, 0) is 44.5 Å². The number of rotatable bonds is 7. The lowest BCUT2D eigenvalue weighted by Gasteiger charge is -2.27. The van der Waals surface area contributed by atoms with E-state index in [1.807, 2.05) is 49.1 Å². The van der Waals surface area contributed by atoms with Crippen LogP contribution in [0.25, 0.3) is 10.2 Å². The maximum absolute atomic E-state index is 13.6. The van der Waals surface area contributed by atoms with Crippen molar-refractivity contribution in [3.8, 4) is 5.75 Å². The van der Waals surface area contributed by atoms with Crippen LogP contribution in [0, 0.1) is 13.8 Å². The number of methoxy groups -OCH3 is 1. The quantitative estimate of drug-likeness (QED) is 0.495. The summed E-state index contributed by atoms with van der Waals surface area (Å²) in [6.07, 6.45) is 0.885. The molecule has 1 aliphatic rings. The van der Waals surface area contributed by atoms with Crippen molar-refractivity contribution < 1.29 is 14.3 Å². The van der Waals surface area contributed by atoms with E-state index in [-0.39, 0.29) is 18.3 Å². The number of anilines is 1. The first-order valence-electron chi connectivity index (χ1n) is 10.7. The van der Waals surface area contributed by atoms with Gasteiger partial charge in [0.25, 0.3) is 5.91 Å². The van der Waals surface area contributed by atoms with Crippen molar-refractivity contribution in [2.75, 3.05) is 51.4 Å². The molecule has 0 saturated carbocycles. The van der Waals surface area contributed by atoms with Gasteiger partial charge >= 0.3 is 0 Å². The molecule has 1 amide bonds. The normalized spacial score (nSPS) is 14.2. The lowest BCUT2D eigenvalue weighted by Crippen LogP contribution is -2.39. The molecule has 8 heteroatoms. The van der Waals surface area contributed by atoms with Gasteiger partial charge in [-0.3, -0.25) is 14.6 Å². The second-order valence-corrected chi connectivity index (χ2v) is 8.98. The molecular weight excluding hydrogens is 446 g/mol. The molecule has 32 heavy (non-hydrogen) atoms. The molecule has 4 rings (SSSR count). The largest absolute Gasteiger partial charge is 0.497 e. The fraction of sp³-hybridized carbons (Fsp3) is 0.417. The molecule has 1 fully saturated rings. The molecule has 0 N–H and O–H groups in total. The van der Waals surface area contributed by atoms with E-state index in [9.17, 15) is 4.79 Å². The SMILES string of the molecule is COc1ccc2sc(N(CCCN3CCOCC3)C(=O)c3cc(C)cc(C)c3)nc2c1.Cl. The highest BCUT2D eigenvalue weighted by Crippen LogP contribution is 2.32. The minimum atomic E-state index is -0.000186. The molecule has 0 atom stereocenters. The Hall–Kier alpha value is -2.19. The van der Waals surface area contributed by atoms with Gasteiger partial charge in [0.2, 0.25) is 0 Å². The molecule has 0 bridgehead atoms.